The molecular formula is C14H17NO4S. The molecule has 6 heteroatoms. The van der Waals surface area contributed by atoms with Gasteiger partial charge in [0.15, 0.2) is 0 Å². The molecule has 0 aromatic heterocycles. The van der Waals surface area contributed by atoms with E-state index in [9.17, 15) is 13.2 Å². The second kappa shape index (κ2) is 4.63. The number of carbonyl (C=O) groups is 1. The van der Waals surface area contributed by atoms with E-state index in [2.05, 4.69) is 5.32 Å². The predicted molar refractivity (Wildman–Crippen MR) is 74.8 cm³/mol. The van der Waals surface area contributed by atoms with Crippen LogP contribution in [0.15, 0.2) is 39.8 Å². The summed E-state index contributed by atoms with van der Waals surface area (Å²) in [7, 11) is -3.65. The molecule has 20 heavy (non-hydrogen) atoms. The second-order valence-electron chi connectivity index (χ2n) is 5.27. The molecule has 5 nitrogen and oxygen atoms in total. The van der Waals surface area contributed by atoms with Gasteiger partial charge in [-0.1, -0.05) is 17.7 Å². The number of rotatable bonds is 2. The molecule has 108 valence electrons. The number of carbonyl (C=O) groups excluding carboxylic acids is 1. The minimum absolute atomic E-state index is 0.0946. The summed E-state index contributed by atoms with van der Waals surface area (Å²) in [5.74, 6) is 0. The molecule has 0 unspecified atom stereocenters. The molecule has 0 atom stereocenters. The van der Waals surface area contributed by atoms with Crippen LogP contribution in [0, 0.1) is 6.92 Å². The number of aryl methyl sites for hydroxylation is 1. The molecule has 1 aromatic carbocycles. The number of benzene rings is 1. The molecule has 1 amide bonds. The van der Waals surface area contributed by atoms with Gasteiger partial charge in [-0.15, -0.1) is 0 Å². The number of cyclic esters (lactones) is 1. The Morgan fingerprint density at radius 2 is 1.75 bits per heavy atom. The Bertz CT molecular complexity index is 684. The lowest BCUT2D eigenvalue weighted by Gasteiger charge is -2.19. The summed E-state index contributed by atoms with van der Waals surface area (Å²) in [6.07, 6.45) is -0.636. The highest BCUT2D eigenvalue weighted by molar-refractivity contribution is 7.95. The highest BCUT2D eigenvalue weighted by atomic mass is 32.2. The van der Waals surface area contributed by atoms with Gasteiger partial charge in [0.25, 0.3) is 0 Å². The fourth-order valence-electron chi connectivity index (χ4n) is 2.10. The molecule has 1 aliphatic rings. The number of ether oxygens (including phenoxy) is 1. The molecule has 0 saturated carbocycles. The first-order valence-corrected chi connectivity index (χ1v) is 7.66. The van der Waals surface area contributed by atoms with Gasteiger partial charge in [-0.05, 0) is 39.8 Å². The third-order valence-corrected chi connectivity index (χ3v) is 5.17. The van der Waals surface area contributed by atoms with Gasteiger partial charge < -0.3 is 4.74 Å². The Kier molecular flexibility index (Phi) is 3.37. The molecule has 0 radical (unpaired) electrons. The van der Waals surface area contributed by atoms with E-state index in [0.29, 0.717) is 0 Å². The molecule has 1 aromatic rings. The number of hydrogen-bond acceptors (Lipinski definition) is 4. The van der Waals surface area contributed by atoms with Gasteiger partial charge >= 0.3 is 6.09 Å². The third-order valence-electron chi connectivity index (χ3n) is 3.26. The number of hydrogen-bond donors (Lipinski definition) is 1. The molecule has 1 N–H and O–H groups in total. The summed E-state index contributed by atoms with van der Waals surface area (Å²) in [4.78, 5) is 11.6. The van der Waals surface area contributed by atoms with Gasteiger partial charge in [0.05, 0.1) is 15.5 Å². The summed E-state index contributed by atoms with van der Waals surface area (Å²) in [5, 5.41) is 2.47. The van der Waals surface area contributed by atoms with Crippen LogP contribution in [-0.4, -0.2) is 20.1 Å². The summed E-state index contributed by atoms with van der Waals surface area (Å²) in [6.45, 7) is 6.65. The van der Waals surface area contributed by atoms with Gasteiger partial charge in [0.2, 0.25) is 9.84 Å². The standard InChI is InChI=1S/C14H17NO4S/c1-9-5-7-11(8-6-9)20(17,18)10(2)12-14(3,4)19-13(16)15-12/h5-8H,1-4H3,(H,15,16)/b12-10-. The summed E-state index contributed by atoms with van der Waals surface area (Å²) in [5.41, 5.74) is 0.286. The van der Waals surface area contributed by atoms with Crippen molar-refractivity contribution in [3.05, 3.63) is 40.4 Å². The van der Waals surface area contributed by atoms with Crippen molar-refractivity contribution in [2.24, 2.45) is 0 Å². The lowest BCUT2D eigenvalue weighted by Crippen LogP contribution is -2.25. The third kappa shape index (κ3) is 2.43. The monoisotopic (exact) mass is 295 g/mol. The van der Waals surface area contributed by atoms with Crippen molar-refractivity contribution in [3.8, 4) is 0 Å². The lowest BCUT2D eigenvalue weighted by molar-refractivity contribution is 0.0976. The van der Waals surface area contributed by atoms with E-state index in [1.807, 2.05) is 6.92 Å². The van der Waals surface area contributed by atoms with Gasteiger partial charge in [-0.2, -0.15) is 0 Å². The quantitative estimate of drug-likeness (QED) is 0.910. The summed E-state index contributed by atoms with van der Waals surface area (Å²) < 4.78 is 30.2. The topological polar surface area (TPSA) is 72.5 Å². The Morgan fingerprint density at radius 3 is 2.20 bits per heavy atom. The van der Waals surface area contributed by atoms with Crippen LogP contribution in [0.1, 0.15) is 26.3 Å². The van der Waals surface area contributed by atoms with E-state index in [0.717, 1.165) is 5.56 Å². The van der Waals surface area contributed by atoms with E-state index >= 15 is 0 Å². The summed E-state index contributed by atoms with van der Waals surface area (Å²) in [6, 6.07) is 6.58. The van der Waals surface area contributed by atoms with E-state index in [1.54, 1.807) is 38.1 Å². The van der Waals surface area contributed by atoms with Crippen molar-refractivity contribution in [3.63, 3.8) is 0 Å². The first kappa shape index (κ1) is 14.6. The van der Waals surface area contributed by atoms with Crippen molar-refractivity contribution in [2.45, 2.75) is 38.2 Å². The fraction of sp³-hybridized carbons (Fsp3) is 0.357. The van der Waals surface area contributed by atoms with E-state index in [4.69, 9.17) is 4.74 Å². The highest BCUT2D eigenvalue weighted by Gasteiger charge is 2.40. The molecule has 1 heterocycles. The number of allylic oxidation sites excluding steroid dienone is 1. The number of alkyl carbamates (subject to hydrolysis) is 1. The van der Waals surface area contributed by atoms with Gasteiger partial charge in [-0.3, -0.25) is 5.32 Å². The number of amides is 1. The smallest absolute Gasteiger partial charge is 0.412 e. The predicted octanol–water partition coefficient (Wildman–Crippen LogP) is 2.52. The van der Waals surface area contributed by atoms with Crippen molar-refractivity contribution < 1.29 is 17.9 Å². The maximum Gasteiger partial charge on any atom is 0.412 e. The molecule has 1 fully saturated rings. The minimum Gasteiger partial charge on any atom is -0.437 e. The maximum atomic E-state index is 12.6. The van der Waals surface area contributed by atoms with Crippen molar-refractivity contribution >= 4 is 15.9 Å². The SMILES string of the molecule is C/C(=C1/NC(=O)OC1(C)C)S(=O)(=O)c1ccc(C)cc1. The lowest BCUT2D eigenvalue weighted by atomic mass is 10.1. The normalized spacial score (nSPS) is 20.3. The zero-order valence-corrected chi connectivity index (χ0v) is 12.7. The van der Waals surface area contributed by atoms with Crippen LogP contribution < -0.4 is 5.32 Å². The molecule has 0 aliphatic carbocycles. The van der Waals surface area contributed by atoms with Crippen LogP contribution in [0.4, 0.5) is 4.79 Å². The molecular weight excluding hydrogens is 278 g/mol. The first-order chi connectivity index (χ1) is 9.14. The number of nitrogens with one attached hydrogen (secondary N) is 1. The van der Waals surface area contributed by atoms with Gasteiger partial charge in [-0.25, -0.2) is 13.2 Å². The first-order valence-electron chi connectivity index (χ1n) is 6.18. The van der Waals surface area contributed by atoms with Crippen molar-refractivity contribution in [1.29, 1.82) is 0 Å². The Balaban J connectivity index is 2.54. The molecule has 2 rings (SSSR count). The van der Waals surface area contributed by atoms with Crippen LogP contribution in [0.2, 0.25) is 0 Å². The zero-order valence-electron chi connectivity index (χ0n) is 11.9. The second-order valence-corrected chi connectivity index (χ2v) is 7.36. The maximum absolute atomic E-state index is 12.6. The van der Waals surface area contributed by atoms with Crippen LogP contribution in [-0.2, 0) is 14.6 Å². The minimum atomic E-state index is -3.65. The van der Waals surface area contributed by atoms with Gasteiger partial charge in [0.1, 0.15) is 5.60 Å². The molecule has 1 aliphatic heterocycles. The fourth-order valence-corrected chi connectivity index (χ4v) is 3.51. The number of sulfone groups is 1. The Hall–Kier alpha value is -1.82. The Morgan fingerprint density at radius 1 is 1.20 bits per heavy atom. The van der Waals surface area contributed by atoms with E-state index < -0.39 is 21.5 Å². The van der Waals surface area contributed by atoms with Crippen LogP contribution in [0.5, 0.6) is 0 Å². The van der Waals surface area contributed by atoms with Crippen molar-refractivity contribution in [2.75, 3.05) is 0 Å². The van der Waals surface area contributed by atoms with Crippen molar-refractivity contribution in [1.82, 2.24) is 5.32 Å². The van der Waals surface area contributed by atoms with E-state index in [-0.39, 0.29) is 15.5 Å². The average Bonchev–Trinajstić information content (AvgIpc) is 2.62. The Labute approximate surface area is 118 Å². The van der Waals surface area contributed by atoms with Crippen LogP contribution >= 0.6 is 0 Å². The molecule has 0 bridgehead atoms. The zero-order chi connectivity index (χ0) is 15.1. The average molecular weight is 295 g/mol. The van der Waals surface area contributed by atoms with Crippen LogP contribution in [0.25, 0.3) is 0 Å². The van der Waals surface area contributed by atoms with E-state index in [1.165, 1.54) is 6.92 Å². The largest absolute Gasteiger partial charge is 0.437 e. The summed E-state index contributed by atoms with van der Waals surface area (Å²) >= 11 is 0. The van der Waals surface area contributed by atoms with Crippen LogP contribution in [0.3, 0.4) is 0 Å². The molecule has 1 saturated heterocycles. The highest BCUT2D eigenvalue weighted by Crippen LogP contribution is 2.31. The van der Waals surface area contributed by atoms with Gasteiger partial charge in [0, 0.05) is 0 Å². The molecule has 0 spiro atoms.